The van der Waals surface area contributed by atoms with Crippen molar-refractivity contribution in [2.75, 3.05) is 6.61 Å². The topological polar surface area (TPSA) is 170 Å². The molecule has 3 rings (SSSR count). The van der Waals surface area contributed by atoms with E-state index < -0.39 is 61.3 Å². The normalized spacial score (nSPS) is 23.6. The highest BCUT2D eigenvalue weighted by Crippen LogP contribution is 2.29. The van der Waals surface area contributed by atoms with Crippen LogP contribution in [0.3, 0.4) is 0 Å². The fourth-order valence-electron chi connectivity index (χ4n) is 4.06. The molecule has 2 aromatic carbocycles. The van der Waals surface area contributed by atoms with Crippen LogP contribution in [-0.4, -0.2) is 76.6 Å². The molecule has 1 saturated heterocycles. The van der Waals surface area contributed by atoms with Gasteiger partial charge in [-0.15, -0.1) is 0 Å². The van der Waals surface area contributed by atoms with E-state index in [0.717, 1.165) is 0 Å². The highest BCUT2D eigenvalue weighted by molar-refractivity contribution is 5.71. The molecule has 212 valence electrons. The predicted molar refractivity (Wildman–Crippen MR) is 135 cm³/mol. The average molecular weight is 548 g/mol. The van der Waals surface area contributed by atoms with Crippen LogP contribution in [0.2, 0.25) is 0 Å². The first-order valence-electron chi connectivity index (χ1n) is 12.3. The first kappa shape index (κ1) is 30.2. The van der Waals surface area contributed by atoms with Crippen molar-refractivity contribution in [1.82, 2.24) is 5.32 Å². The van der Waals surface area contributed by atoms with Crippen LogP contribution in [0.4, 0.5) is 0 Å². The highest BCUT2D eigenvalue weighted by atomic mass is 16.7. The first-order valence-corrected chi connectivity index (χ1v) is 12.3. The number of hydrogen-bond acceptors (Lipinski definition) is 11. The van der Waals surface area contributed by atoms with Crippen LogP contribution < -0.4 is 14.8 Å². The van der Waals surface area contributed by atoms with Crippen LogP contribution in [0.15, 0.2) is 48.5 Å². The van der Waals surface area contributed by atoms with Gasteiger partial charge in [-0.3, -0.25) is 9.59 Å². The van der Waals surface area contributed by atoms with Gasteiger partial charge in [0.05, 0.1) is 19.3 Å². The number of carboxylic acid groups (broad SMARTS) is 1. The summed E-state index contributed by atoms with van der Waals surface area (Å²) in [5.74, 6) is -1.67. The van der Waals surface area contributed by atoms with Crippen LogP contribution in [0.5, 0.6) is 11.5 Å². The van der Waals surface area contributed by atoms with Crippen molar-refractivity contribution in [2.24, 2.45) is 0 Å². The number of rotatable bonds is 12. The molecular weight excluding hydrogens is 514 g/mol. The summed E-state index contributed by atoms with van der Waals surface area (Å²) in [5, 5.41) is 33.4. The zero-order valence-electron chi connectivity index (χ0n) is 21.8. The van der Waals surface area contributed by atoms with Gasteiger partial charge in [0, 0.05) is 31.5 Å². The van der Waals surface area contributed by atoms with Crippen LogP contribution >= 0.6 is 0 Å². The van der Waals surface area contributed by atoms with Crippen molar-refractivity contribution < 1.29 is 53.4 Å². The fraction of sp³-hybridized carbons (Fsp3) is 0.444. The number of carbonyl (C=O) groups excluding carboxylic acids is 2. The number of carbonyl (C=O) groups is 3. The molecule has 2 aromatic rings. The first-order chi connectivity index (χ1) is 18.6. The summed E-state index contributed by atoms with van der Waals surface area (Å²) in [6.45, 7) is 3.28. The van der Waals surface area contributed by atoms with Crippen LogP contribution in [0.25, 0.3) is 0 Å². The Kier molecular flexibility index (Phi) is 10.9. The second-order valence-electron chi connectivity index (χ2n) is 8.92. The van der Waals surface area contributed by atoms with Gasteiger partial charge in [0.2, 0.25) is 0 Å². The van der Waals surface area contributed by atoms with E-state index in [2.05, 4.69) is 5.32 Å². The molecule has 4 N–H and O–H groups in total. The third kappa shape index (κ3) is 8.30. The van der Waals surface area contributed by atoms with Gasteiger partial charge in [0.25, 0.3) is 0 Å². The van der Waals surface area contributed by atoms with E-state index in [4.69, 9.17) is 23.7 Å². The standard InChI is InChI=1S/C27H33NO11/c1-15(26(33)34)36-25-23(28-12-18-8-4-6-10-20(18)37-16(2)30)27(39-22(13-29)24(25)32)35-14-19-9-5-7-11-21(19)38-17(3)31/h4-11,15,22-25,27-29,32H,12-14H2,1-3H3,(H,33,34)/t15-,22-,23-,24-,25-,27?/m1/s1. The van der Waals surface area contributed by atoms with Crippen molar-refractivity contribution in [3.63, 3.8) is 0 Å². The summed E-state index contributed by atoms with van der Waals surface area (Å²) in [4.78, 5) is 34.6. The largest absolute Gasteiger partial charge is 0.479 e. The van der Waals surface area contributed by atoms with Crippen molar-refractivity contribution >= 4 is 17.9 Å². The molecule has 0 radical (unpaired) electrons. The Hall–Kier alpha value is -3.39. The maximum absolute atomic E-state index is 11.6. The van der Waals surface area contributed by atoms with Gasteiger partial charge in [0.15, 0.2) is 12.4 Å². The molecule has 0 saturated carbocycles. The predicted octanol–water partition coefficient (Wildman–Crippen LogP) is 1.15. The van der Waals surface area contributed by atoms with Crippen molar-refractivity contribution in [2.45, 2.75) is 70.7 Å². The minimum atomic E-state index is -1.41. The quantitative estimate of drug-likeness (QED) is 0.221. The number of para-hydroxylation sites is 2. The molecule has 0 bridgehead atoms. The maximum Gasteiger partial charge on any atom is 0.332 e. The molecule has 0 spiro atoms. The third-order valence-corrected chi connectivity index (χ3v) is 5.95. The van der Waals surface area contributed by atoms with E-state index in [1.165, 1.54) is 20.8 Å². The van der Waals surface area contributed by atoms with Crippen LogP contribution in [-0.2, 0) is 41.7 Å². The molecule has 1 aliphatic rings. The number of nitrogens with one attached hydrogen (secondary N) is 1. The number of aliphatic carboxylic acids is 1. The van der Waals surface area contributed by atoms with Crippen LogP contribution in [0, 0.1) is 0 Å². The second-order valence-corrected chi connectivity index (χ2v) is 8.92. The zero-order chi connectivity index (χ0) is 28.5. The van der Waals surface area contributed by atoms with Crippen molar-refractivity contribution in [3.05, 3.63) is 59.7 Å². The molecule has 39 heavy (non-hydrogen) atoms. The molecule has 0 aromatic heterocycles. The summed E-state index contributed by atoms with van der Waals surface area (Å²) in [6, 6.07) is 12.6. The number of esters is 2. The molecule has 1 fully saturated rings. The van der Waals surface area contributed by atoms with E-state index >= 15 is 0 Å². The summed E-state index contributed by atoms with van der Waals surface area (Å²) in [6.07, 6.45) is -6.19. The Morgan fingerprint density at radius 3 is 2.10 bits per heavy atom. The molecule has 12 heteroatoms. The van der Waals surface area contributed by atoms with Gasteiger partial charge in [-0.05, 0) is 19.1 Å². The van der Waals surface area contributed by atoms with Crippen LogP contribution in [0.1, 0.15) is 31.9 Å². The van der Waals surface area contributed by atoms with Gasteiger partial charge in [-0.2, -0.15) is 0 Å². The van der Waals surface area contributed by atoms with Gasteiger partial charge in [0.1, 0.15) is 29.8 Å². The molecule has 0 amide bonds. The minimum Gasteiger partial charge on any atom is -0.479 e. The molecule has 0 aliphatic carbocycles. The number of aliphatic hydroxyl groups is 2. The molecule has 1 unspecified atom stereocenters. The van der Waals surface area contributed by atoms with Gasteiger partial charge < -0.3 is 44.3 Å². The lowest BCUT2D eigenvalue weighted by atomic mass is 9.96. The van der Waals surface area contributed by atoms with E-state index in [1.807, 2.05) is 0 Å². The monoisotopic (exact) mass is 547 g/mol. The minimum absolute atomic E-state index is 0.0915. The Morgan fingerprint density at radius 2 is 1.54 bits per heavy atom. The third-order valence-electron chi connectivity index (χ3n) is 5.95. The Labute approximate surface area is 225 Å². The number of benzene rings is 2. The number of carboxylic acids is 1. The van der Waals surface area contributed by atoms with E-state index in [9.17, 15) is 29.7 Å². The van der Waals surface area contributed by atoms with Crippen molar-refractivity contribution in [3.8, 4) is 11.5 Å². The maximum atomic E-state index is 11.6. The van der Waals surface area contributed by atoms with Gasteiger partial charge in [-0.1, -0.05) is 36.4 Å². The number of hydrogen-bond donors (Lipinski definition) is 4. The molecule has 6 atom stereocenters. The Morgan fingerprint density at radius 1 is 0.974 bits per heavy atom. The molecule has 1 heterocycles. The Bertz CT molecular complexity index is 1140. The van der Waals surface area contributed by atoms with Crippen molar-refractivity contribution in [1.29, 1.82) is 0 Å². The van der Waals surface area contributed by atoms with E-state index in [-0.39, 0.29) is 18.9 Å². The summed E-state index contributed by atoms with van der Waals surface area (Å²) in [7, 11) is 0. The summed E-state index contributed by atoms with van der Waals surface area (Å²) < 4.78 is 28.1. The number of ether oxygens (including phenoxy) is 5. The lowest BCUT2D eigenvalue weighted by Crippen LogP contribution is -2.65. The Balaban J connectivity index is 1.89. The zero-order valence-corrected chi connectivity index (χ0v) is 21.8. The van der Waals surface area contributed by atoms with E-state index in [0.29, 0.717) is 16.9 Å². The molecule has 1 aliphatic heterocycles. The van der Waals surface area contributed by atoms with Gasteiger partial charge in [-0.25, -0.2) is 4.79 Å². The molecular formula is C27H33NO11. The smallest absolute Gasteiger partial charge is 0.332 e. The van der Waals surface area contributed by atoms with Gasteiger partial charge >= 0.3 is 17.9 Å². The summed E-state index contributed by atoms with van der Waals surface area (Å²) >= 11 is 0. The molecule has 12 nitrogen and oxygen atoms in total. The number of aliphatic hydroxyl groups excluding tert-OH is 2. The summed E-state index contributed by atoms with van der Waals surface area (Å²) in [5.41, 5.74) is 1.12. The lowest BCUT2D eigenvalue weighted by Gasteiger charge is -2.45. The average Bonchev–Trinajstić information content (AvgIpc) is 2.89. The fourth-order valence-corrected chi connectivity index (χ4v) is 4.06. The highest BCUT2D eigenvalue weighted by Gasteiger charge is 2.47. The lowest BCUT2D eigenvalue weighted by molar-refractivity contribution is -0.285. The second kappa shape index (κ2) is 14.1. The SMILES string of the molecule is CC(=O)Oc1ccccc1CN[C@H]1C(OCc2ccccc2OC(C)=O)O[C@H](CO)[C@@H](O)[C@@H]1O[C@H](C)C(=O)O. The van der Waals surface area contributed by atoms with E-state index in [1.54, 1.807) is 48.5 Å².